The van der Waals surface area contributed by atoms with Crippen LogP contribution in [0.1, 0.15) is 0 Å². The van der Waals surface area contributed by atoms with Gasteiger partial charge in [0, 0.05) is 5.75 Å². The van der Waals surface area contributed by atoms with Crippen molar-refractivity contribution in [3.05, 3.63) is 0 Å². The van der Waals surface area contributed by atoms with Crippen LogP contribution in [0.4, 0.5) is 0 Å². The van der Waals surface area contributed by atoms with Crippen molar-refractivity contribution in [2.24, 2.45) is 10.2 Å². The Morgan fingerprint density at radius 3 is 3.00 bits per heavy atom. The van der Waals surface area contributed by atoms with E-state index in [1.54, 1.807) is 17.3 Å². The van der Waals surface area contributed by atoms with Gasteiger partial charge in [-0.3, -0.25) is 0 Å². The average molecular weight is 99.1 g/mol. The van der Waals surface area contributed by atoms with Crippen molar-refractivity contribution in [1.29, 1.82) is 0 Å². The summed E-state index contributed by atoms with van der Waals surface area (Å²) in [6.45, 7) is 0. The molecule has 0 aliphatic carbocycles. The number of rotatable bonds is 0. The second-order valence-electron chi connectivity index (χ2n) is 0.790. The SMILES string of the molecule is [C]1=NN=CSC1. The van der Waals surface area contributed by atoms with E-state index < -0.39 is 0 Å². The highest BCUT2D eigenvalue weighted by atomic mass is 32.2. The Balaban J connectivity index is 2.46. The minimum absolute atomic E-state index is 0.851. The molecule has 2 nitrogen and oxygen atoms in total. The van der Waals surface area contributed by atoms with Crippen LogP contribution >= 0.6 is 11.8 Å². The molecule has 1 aliphatic rings. The largest absolute Gasteiger partial charge is 0.152 e. The third-order valence-corrected chi connectivity index (χ3v) is 0.937. The number of thioether (sulfide) groups is 1. The van der Waals surface area contributed by atoms with Crippen molar-refractivity contribution in [3.63, 3.8) is 0 Å². The fourth-order valence-corrected chi connectivity index (χ4v) is 0.522. The Morgan fingerprint density at radius 1 is 1.83 bits per heavy atom. The first-order valence-corrected chi connectivity index (χ1v) is 2.61. The zero-order chi connectivity index (χ0) is 4.24. The summed E-state index contributed by atoms with van der Waals surface area (Å²) in [5, 5.41) is 7.00. The summed E-state index contributed by atoms with van der Waals surface area (Å²) < 4.78 is 0. The van der Waals surface area contributed by atoms with Gasteiger partial charge in [0.05, 0.1) is 11.8 Å². The van der Waals surface area contributed by atoms with E-state index in [9.17, 15) is 0 Å². The molecule has 0 aromatic carbocycles. The molecule has 0 aromatic heterocycles. The van der Waals surface area contributed by atoms with Crippen LogP contribution in [0.3, 0.4) is 0 Å². The lowest BCUT2D eigenvalue weighted by atomic mass is 10.9. The minimum atomic E-state index is 0.851. The molecular formula is C3H3N2S. The van der Waals surface area contributed by atoms with Gasteiger partial charge in [0.25, 0.3) is 0 Å². The first-order chi connectivity index (χ1) is 3.00. The van der Waals surface area contributed by atoms with Crippen molar-refractivity contribution < 1.29 is 0 Å². The van der Waals surface area contributed by atoms with E-state index in [1.807, 2.05) is 0 Å². The monoisotopic (exact) mass is 99.0 g/mol. The Kier molecular flexibility index (Phi) is 1.27. The average Bonchev–Trinajstić information content (AvgIpc) is 1.72. The van der Waals surface area contributed by atoms with Crippen molar-refractivity contribution in [2.75, 3.05) is 5.75 Å². The molecular weight excluding hydrogens is 96.1 g/mol. The van der Waals surface area contributed by atoms with Gasteiger partial charge >= 0.3 is 0 Å². The summed E-state index contributed by atoms with van der Waals surface area (Å²) in [6.07, 6.45) is 2.67. The van der Waals surface area contributed by atoms with Crippen LogP contribution in [-0.4, -0.2) is 17.5 Å². The van der Waals surface area contributed by atoms with Crippen molar-refractivity contribution in [1.82, 2.24) is 0 Å². The lowest BCUT2D eigenvalue weighted by Gasteiger charge is -1.85. The van der Waals surface area contributed by atoms with Gasteiger partial charge in [-0.05, 0) is 0 Å². The van der Waals surface area contributed by atoms with Gasteiger partial charge in [-0.25, -0.2) is 0 Å². The Labute approximate surface area is 40.3 Å². The molecule has 0 fully saturated rings. The van der Waals surface area contributed by atoms with E-state index in [2.05, 4.69) is 16.4 Å². The standard InChI is InChI=1S/C3H3N2S/c1-2-6-3-5-4-1/h3H,2H2. The Hall–Kier alpha value is -0.310. The van der Waals surface area contributed by atoms with Crippen LogP contribution in [-0.2, 0) is 0 Å². The Morgan fingerprint density at radius 2 is 2.83 bits per heavy atom. The van der Waals surface area contributed by atoms with Crippen LogP contribution in [0.5, 0.6) is 0 Å². The molecule has 0 saturated heterocycles. The van der Waals surface area contributed by atoms with Crippen LogP contribution < -0.4 is 0 Å². The molecule has 0 saturated carbocycles. The zero-order valence-electron chi connectivity index (χ0n) is 3.09. The third kappa shape index (κ3) is 0.825. The molecule has 3 heteroatoms. The molecule has 6 heavy (non-hydrogen) atoms. The number of nitrogens with zero attached hydrogens (tertiary/aromatic N) is 2. The van der Waals surface area contributed by atoms with Gasteiger partial charge in [-0.2, -0.15) is 10.2 Å². The summed E-state index contributed by atoms with van der Waals surface area (Å²) in [5.74, 6) is 0.851. The van der Waals surface area contributed by atoms with Crippen molar-refractivity contribution in [3.8, 4) is 0 Å². The van der Waals surface area contributed by atoms with Gasteiger partial charge in [0.2, 0.25) is 0 Å². The summed E-state index contributed by atoms with van der Waals surface area (Å²) in [5.41, 5.74) is 1.70. The predicted molar refractivity (Wildman–Crippen MR) is 28.4 cm³/mol. The maximum Gasteiger partial charge on any atom is 0.0975 e. The highest BCUT2D eigenvalue weighted by Gasteiger charge is 1.81. The van der Waals surface area contributed by atoms with E-state index in [4.69, 9.17) is 0 Å². The normalized spacial score (nSPS) is 18.7. The Bertz CT molecular complexity index is 74.8. The maximum atomic E-state index is 3.53. The first kappa shape index (κ1) is 3.87. The van der Waals surface area contributed by atoms with Gasteiger partial charge in [-0.15, -0.1) is 11.8 Å². The number of hydrogen-bond acceptors (Lipinski definition) is 3. The molecule has 0 unspecified atom stereocenters. The molecule has 0 atom stereocenters. The summed E-state index contributed by atoms with van der Waals surface area (Å²) in [7, 11) is 0. The molecule has 1 rings (SSSR count). The molecule has 1 radical (unpaired) electrons. The highest BCUT2D eigenvalue weighted by molar-refractivity contribution is 8.12. The minimum Gasteiger partial charge on any atom is -0.152 e. The van der Waals surface area contributed by atoms with E-state index in [-0.39, 0.29) is 0 Å². The summed E-state index contributed by atoms with van der Waals surface area (Å²) in [6, 6.07) is 0. The van der Waals surface area contributed by atoms with Crippen LogP contribution in [0, 0.1) is 0 Å². The lowest BCUT2D eigenvalue weighted by Crippen LogP contribution is -1.82. The lowest BCUT2D eigenvalue weighted by molar-refractivity contribution is 1.27. The van der Waals surface area contributed by atoms with Gasteiger partial charge in [0.1, 0.15) is 0 Å². The van der Waals surface area contributed by atoms with Gasteiger partial charge < -0.3 is 0 Å². The topological polar surface area (TPSA) is 24.7 Å². The summed E-state index contributed by atoms with van der Waals surface area (Å²) >= 11 is 1.60. The van der Waals surface area contributed by atoms with Crippen LogP contribution in [0.15, 0.2) is 10.2 Å². The highest BCUT2D eigenvalue weighted by Crippen LogP contribution is 1.95. The van der Waals surface area contributed by atoms with Crippen LogP contribution in [0.2, 0.25) is 0 Å². The predicted octanol–water partition coefficient (Wildman–Crippen LogP) is 0.624. The molecule has 1 aliphatic heterocycles. The van der Waals surface area contributed by atoms with E-state index in [1.165, 1.54) is 0 Å². The van der Waals surface area contributed by atoms with E-state index >= 15 is 0 Å². The van der Waals surface area contributed by atoms with Gasteiger partial charge in [-0.1, -0.05) is 0 Å². The second-order valence-corrected chi connectivity index (χ2v) is 1.62. The molecule has 0 spiro atoms. The van der Waals surface area contributed by atoms with E-state index in [0.717, 1.165) is 5.75 Å². The molecule has 1 heterocycles. The fourth-order valence-electron chi connectivity index (χ4n) is 0.201. The molecule has 0 amide bonds. The zero-order valence-corrected chi connectivity index (χ0v) is 3.90. The fraction of sp³-hybridized carbons (Fsp3) is 0.333. The first-order valence-electron chi connectivity index (χ1n) is 1.56. The quantitative estimate of drug-likeness (QED) is 0.437. The van der Waals surface area contributed by atoms with Crippen molar-refractivity contribution >= 4 is 23.5 Å². The third-order valence-electron chi connectivity index (χ3n) is 0.398. The molecule has 31 valence electrons. The van der Waals surface area contributed by atoms with Gasteiger partial charge in [0.15, 0.2) is 0 Å². The molecule has 0 bridgehead atoms. The maximum absolute atomic E-state index is 3.53. The second kappa shape index (κ2) is 1.97. The molecule has 0 N–H and O–H groups in total. The summed E-state index contributed by atoms with van der Waals surface area (Å²) in [4.78, 5) is 0. The molecule has 0 aromatic rings. The van der Waals surface area contributed by atoms with Crippen molar-refractivity contribution in [2.45, 2.75) is 0 Å². The smallest absolute Gasteiger partial charge is 0.0975 e. The van der Waals surface area contributed by atoms with Crippen LogP contribution in [0.25, 0.3) is 0 Å². The van der Waals surface area contributed by atoms with E-state index in [0.29, 0.717) is 0 Å². The number of hydrogen-bond donors (Lipinski definition) is 0.